The van der Waals surface area contributed by atoms with Gasteiger partial charge in [0.05, 0.1) is 13.2 Å². The third kappa shape index (κ3) is 2.91. The molecule has 0 aliphatic carbocycles. The highest BCUT2D eigenvalue weighted by molar-refractivity contribution is 4.80. The van der Waals surface area contributed by atoms with Crippen molar-refractivity contribution in [3.63, 3.8) is 0 Å². The van der Waals surface area contributed by atoms with Gasteiger partial charge in [-0.25, -0.2) is 0 Å². The molecule has 0 aromatic carbocycles. The smallest absolute Gasteiger partial charge is 0.216 e. The molecular formula is C10H20O6. The second-order valence-electron chi connectivity index (χ2n) is 3.58. The van der Waals surface area contributed by atoms with Gasteiger partial charge in [-0.2, -0.15) is 0 Å². The van der Waals surface area contributed by atoms with Crippen LogP contribution in [0.2, 0.25) is 0 Å². The molecule has 96 valence electrons. The fourth-order valence-electron chi connectivity index (χ4n) is 1.53. The molecule has 0 spiro atoms. The lowest BCUT2D eigenvalue weighted by atomic mass is 10.2. The van der Waals surface area contributed by atoms with Crippen LogP contribution >= 0.6 is 0 Å². The Morgan fingerprint density at radius 2 is 1.31 bits per heavy atom. The Morgan fingerprint density at radius 3 is 1.50 bits per heavy atom. The molecule has 0 aromatic heterocycles. The van der Waals surface area contributed by atoms with Crippen molar-refractivity contribution in [1.29, 1.82) is 0 Å². The first-order chi connectivity index (χ1) is 7.66. The lowest BCUT2D eigenvalue weighted by Crippen LogP contribution is -2.59. The molecule has 1 aliphatic heterocycles. The molecule has 16 heavy (non-hydrogen) atoms. The number of ether oxygens (including phenoxy) is 4. The Bertz CT molecular complexity index is 177. The van der Waals surface area contributed by atoms with Crippen molar-refractivity contribution in [2.45, 2.75) is 25.4 Å². The van der Waals surface area contributed by atoms with Gasteiger partial charge in [-0.1, -0.05) is 0 Å². The SMILES string of the molecule is CCO[C@]1(CO)CO[C@@](CO)(OCC)CO1. The van der Waals surface area contributed by atoms with Crippen LogP contribution in [0.1, 0.15) is 13.8 Å². The standard InChI is InChI=1S/C10H20O6/c1-3-13-9(5-11)7-16-10(6-12,8-15-9)14-4-2/h11-12H,3-8H2,1-2H3/t9-,10+. The zero-order chi connectivity index (χ0) is 12.1. The van der Waals surface area contributed by atoms with Crippen LogP contribution in [0.15, 0.2) is 0 Å². The van der Waals surface area contributed by atoms with Crippen LogP contribution in [0.4, 0.5) is 0 Å². The fourth-order valence-corrected chi connectivity index (χ4v) is 1.53. The van der Waals surface area contributed by atoms with Crippen molar-refractivity contribution < 1.29 is 29.2 Å². The molecule has 6 nitrogen and oxygen atoms in total. The van der Waals surface area contributed by atoms with Crippen LogP contribution in [0.25, 0.3) is 0 Å². The number of hydrogen-bond acceptors (Lipinski definition) is 6. The third-order valence-corrected chi connectivity index (χ3v) is 2.41. The van der Waals surface area contributed by atoms with Crippen LogP contribution in [-0.2, 0) is 18.9 Å². The monoisotopic (exact) mass is 236 g/mol. The highest BCUT2D eigenvalue weighted by atomic mass is 16.8. The number of hydrogen-bond donors (Lipinski definition) is 2. The van der Waals surface area contributed by atoms with E-state index in [0.717, 1.165) is 0 Å². The summed E-state index contributed by atoms with van der Waals surface area (Å²) in [6, 6.07) is 0. The summed E-state index contributed by atoms with van der Waals surface area (Å²) in [6.45, 7) is 3.88. The van der Waals surface area contributed by atoms with Gasteiger partial charge in [0.25, 0.3) is 0 Å². The molecule has 1 aliphatic rings. The van der Waals surface area contributed by atoms with E-state index in [1.165, 1.54) is 0 Å². The number of aliphatic hydroxyl groups is 2. The molecule has 0 amide bonds. The summed E-state index contributed by atoms with van der Waals surface area (Å²) in [7, 11) is 0. The topological polar surface area (TPSA) is 77.4 Å². The Hall–Kier alpha value is -0.240. The van der Waals surface area contributed by atoms with E-state index in [0.29, 0.717) is 13.2 Å². The summed E-state index contributed by atoms with van der Waals surface area (Å²) in [5.41, 5.74) is 0. The number of rotatable bonds is 6. The van der Waals surface area contributed by atoms with E-state index in [2.05, 4.69) is 0 Å². The molecule has 6 heteroatoms. The maximum Gasteiger partial charge on any atom is 0.216 e. The first kappa shape index (κ1) is 13.8. The molecule has 0 bridgehead atoms. The zero-order valence-electron chi connectivity index (χ0n) is 9.77. The highest BCUT2D eigenvalue weighted by Gasteiger charge is 2.45. The molecule has 0 saturated carbocycles. The minimum atomic E-state index is -1.13. The summed E-state index contributed by atoms with van der Waals surface area (Å²) >= 11 is 0. The van der Waals surface area contributed by atoms with Crippen molar-refractivity contribution >= 4 is 0 Å². The van der Waals surface area contributed by atoms with E-state index in [-0.39, 0.29) is 26.4 Å². The van der Waals surface area contributed by atoms with Gasteiger partial charge in [-0.05, 0) is 13.8 Å². The van der Waals surface area contributed by atoms with Crippen LogP contribution in [0.5, 0.6) is 0 Å². The van der Waals surface area contributed by atoms with Crippen molar-refractivity contribution in [3.05, 3.63) is 0 Å². The molecule has 2 atom stereocenters. The summed E-state index contributed by atoms with van der Waals surface area (Å²) in [5.74, 6) is -2.27. The second kappa shape index (κ2) is 5.90. The first-order valence-electron chi connectivity index (χ1n) is 5.43. The van der Waals surface area contributed by atoms with Gasteiger partial charge in [-0.3, -0.25) is 0 Å². The van der Waals surface area contributed by atoms with Crippen molar-refractivity contribution in [2.75, 3.05) is 39.6 Å². The molecule has 0 unspecified atom stereocenters. The summed E-state index contributed by atoms with van der Waals surface area (Å²) < 4.78 is 21.5. The molecular weight excluding hydrogens is 216 g/mol. The normalized spacial score (nSPS) is 35.2. The van der Waals surface area contributed by atoms with Crippen LogP contribution in [0, 0.1) is 0 Å². The molecule has 2 N–H and O–H groups in total. The van der Waals surface area contributed by atoms with Crippen LogP contribution in [0.3, 0.4) is 0 Å². The Morgan fingerprint density at radius 1 is 0.938 bits per heavy atom. The van der Waals surface area contributed by atoms with E-state index in [1.54, 1.807) is 13.8 Å². The van der Waals surface area contributed by atoms with Gasteiger partial charge in [0.1, 0.15) is 13.2 Å². The van der Waals surface area contributed by atoms with E-state index in [1.807, 2.05) is 0 Å². The minimum Gasteiger partial charge on any atom is -0.391 e. The van der Waals surface area contributed by atoms with Crippen molar-refractivity contribution in [3.8, 4) is 0 Å². The average molecular weight is 236 g/mol. The Balaban J connectivity index is 2.59. The van der Waals surface area contributed by atoms with Crippen LogP contribution in [-0.4, -0.2) is 61.4 Å². The second-order valence-corrected chi connectivity index (χ2v) is 3.58. The molecule has 1 saturated heterocycles. The predicted molar refractivity (Wildman–Crippen MR) is 54.8 cm³/mol. The Kier molecular flexibility index (Phi) is 5.10. The van der Waals surface area contributed by atoms with Crippen LogP contribution < -0.4 is 0 Å². The van der Waals surface area contributed by atoms with E-state index in [4.69, 9.17) is 18.9 Å². The van der Waals surface area contributed by atoms with Crippen molar-refractivity contribution in [2.24, 2.45) is 0 Å². The first-order valence-corrected chi connectivity index (χ1v) is 5.43. The lowest BCUT2D eigenvalue weighted by Gasteiger charge is -2.43. The van der Waals surface area contributed by atoms with Gasteiger partial charge < -0.3 is 29.2 Å². The maximum absolute atomic E-state index is 9.21. The van der Waals surface area contributed by atoms with Gasteiger partial charge in [0, 0.05) is 13.2 Å². The quantitative estimate of drug-likeness (QED) is 0.646. The fraction of sp³-hybridized carbons (Fsp3) is 1.00. The molecule has 0 radical (unpaired) electrons. The van der Waals surface area contributed by atoms with Gasteiger partial charge >= 0.3 is 0 Å². The molecule has 1 fully saturated rings. The van der Waals surface area contributed by atoms with Crippen molar-refractivity contribution in [1.82, 2.24) is 0 Å². The van der Waals surface area contributed by atoms with Gasteiger partial charge in [0.2, 0.25) is 11.6 Å². The minimum absolute atomic E-state index is 0.0257. The Labute approximate surface area is 95.1 Å². The highest BCUT2D eigenvalue weighted by Crippen LogP contribution is 2.27. The molecule has 1 heterocycles. The van der Waals surface area contributed by atoms with Gasteiger partial charge in [-0.15, -0.1) is 0 Å². The summed E-state index contributed by atoms with van der Waals surface area (Å²) in [5, 5.41) is 18.4. The lowest BCUT2D eigenvalue weighted by molar-refractivity contribution is -0.395. The summed E-state index contributed by atoms with van der Waals surface area (Å²) in [6.07, 6.45) is 0. The maximum atomic E-state index is 9.21. The molecule has 0 aromatic rings. The third-order valence-electron chi connectivity index (χ3n) is 2.41. The van der Waals surface area contributed by atoms with E-state index < -0.39 is 11.6 Å². The summed E-state index contributed by atoms with van der Waals surface area (Å²) in [4.78, 5) is 0. The predicted octanol–water partition coefficient (Wildman–Crippen LogP) is -0.517. The van der Waals surface area contributed by atoms with E-state index in [9.17, 15) is 10.2 Å². The van der Waals surface area contributed by atoms with Gasteiger partial charge in [0.15, 0.2) is 0 Å². The largest absolute Gasteiger partial charge is 0.391 e. The average Bonchev–Trinajstić information content (AvgIpc) is 2.33. The number of aliphatic hydroxyl groups excluding tert-OH is 2. The zero-order valence-corrected chi connectivity index (χ0v) is 9.77. The van der Waals surface area contributed by atoms with E-state index >= 15 is 0 Å². The molecule has 1 rings (SSSR count).